The van der Waals surface area contributed by atoms with Crippen LogP contribution in [0.3, 0.4) is 0 Å². The van der Waals surface area contributed by atoms with Crippen LogP contribution in [0.4, 0.5) is 0 Å². The quantitative estimate of drug-likeness (QED) is 0.672. The SMILES string of the molecule is CC(C)(C)OC1CC(C)(C)N([O])C1(C)C. The van der Waals surface area contributed by atoms with Crippen molar-refractivity contribution >= 4 is 0 Å². The van der Waals surface area contributed by atoms with E-state index in [-0.39, 0.29) is 17.2 Å². The zero-order valence-corrected chi connectivity index (χ0v) is 11.0. The predicted molar refractivity (Wildman–Crippen MR) is 59.9 cm³/mol. The summed E-state index contributed by atoms with van der Waals surface area (Å²) in [6.07, 6.45) is 0.797. The maximum atomic E-state index is 12.1. The molecule has 1 unspecified atom stereocenters. The maximum Gasteiger partial charge on any atom is 0.0803 e. The van der Waals surface area contributed by atoms with Crippen molar-refractivity contribution in [3.05, 3.63) is 0 Å². The van der Waals surface area contributed by atoms with Gasteiger partial charge in [-0.15, -0.1) is 10.3 Å². The van der Waals surface area contributed by atoms with Crippen LogP contribution in [0.25, 0.3) is 0 Å². The van der Waals surface area contributed by atoms with Crippen LogP contribution in [0.5, 0.6) is 0 Å². The molecule has 1 aliphatic heterocycles. The summed E-state index contributed by atoms with van der Waals surface area (Å²) in [7, 11) is 0. The molecule has 0 aromatic heterocycles. The highest BCUT2D eigenvalue weighted by Crippen LogP contribution is 2.42. The number of hydroxylamine groups is 2. The molecule has 0 aliphatic carbocycles. The van der Waals surface area contributed by atoms with Crippen molar-refractivity contribution in [2.24, 2.45) is 0 Å². The van der Waals surface area contributed by atoms with E-state index in [0.717, 1.165) is 6.42 Å². The first-order valence-corrected chi connectivity index (χ1v) is 5.62. The molecule has 3 heteroatoms. The lowest BCUT2D eigenvalue weighted by molar-refractivity contribution is -0.257. The predicted octanol–water partition coefficient (Wildman–Crippen LogP) is 2.78. The van der Waals surface area contributed by atoms with Crippen molar-refractivity contribution in [3.63, 3.8) is 0 Å². The molecule has 0 aromatic carbocycles. The molecule has 0 bridgehead atoms. The van der Waals surface area contributed by atoms with Gasteiger partial charge in [0, 0.05) is 5.54 Å². The van der Waals surface area contributed by atoms with Crippen LogP contribution in [0.15, 0.2) is 0 Å². The average Bonchev–Trinajstić information content (AvgIpc) is 2.09. The second-order valence-corrected chi connectivity index (χ2v) is 6.68. The van der Waals surface area contributed by atoms with Gasteiger partial charge in [-0.2, -0.15) is 0 Å². The van der Waals surface area contributed by atoms with E-state index in [1.807, 2.05) is 48.5 Å². The molecule has 3 nitrogen and oxygen atoms in total. The van der Waals surface area contributed by atoms with E-state index >= 15 is 0 Å². The van der Waals surface area contributed by atoms with Crippen molar-refractivity contribution in [3.8, 4) is 0 Å². The minimum absolute atomic E-state index is 0.00463. The van der Waals surface area contributed by atoms with Crippen molar-refractivity contribution in [2.75, 3.05) is 0 Å². The van der Waals surface area contributed by atoms with Crippen LogP contribution >= 0.6 is 0 Å². The third-order valence-corrected chi connectivity index (χ3v) is 3.04. The Bertz CT molecular complexity index is 238. The summed E-state index contributed by atoms with van der Waals surface area (Å²) in [5, 5.41) is 13.3. The molecule has 1 fully saturated rings. The smallest absolute Gasteiger partial charge is 0.0803 e. The summed E-state index contributed by atoms with van der Waals surface area (Å²) < 4.78 is 5.98. The second-order valence-electron chi connectivity index (χ2n) is 6.68. The summed E-state index contributed by atoms with van der Waals surface area (Å²) >= 11 is 0. The normalized spacial score (nSPS) is 30.8. The fraction of sp³-hybridized carbons (Fsp3) is 1.00. The number of rotatable bonds is 1. The second kappa shape index (κ2) is 3.44. The Kier molecular flexibility index (Phi) is 2.97. The average molecular weight is 214 g/mol. The summed E-state index contributed by atoms with van der Waals surface area (Å²) in [6, 6.07) is 0. The molecule has 1 rings (SSSR count). The Labute approximate surface area is 93.4 Å². The van der Waals surface area contributed by atoms with Crippen LogP contribution in [-0.4, -0.2) is 27.8 Å². The molecule has 1 aliphatic rings. The van der Waals surface area contributed by atoms with Gasteiger partial charge in [0.25, 0.3) is 0 Å². The minimum atomic E-state index is -0.434. The highest BCUT2D eigenvalue weighted by molar-refractivity contribution is 5.03. The van der Waals surface area contributed by atoms with E-state index in [0.29, 0.717) is 0 Å². The van der Waals surface area contributed by atoms with Crippen LogP contribution < -0.4 is 0 Å². The Balaban J connectivity index is 2.85. The topological polar surface area (TPSA) is 32.4 Å². The van der Waals surface area contributed by atoms with Gasteiger partial charge in [0.05, 0.1) is 17.2 Å². The van der Waals surface area contributed by atoms with Crippen molar-refractivity contribution in [2.45, 2.75) is 77.7 Å². The number of hydrogen-bond donors (Lipinski definition) is 0. The van der Waals surface area contributed by atoms with Crippen LogP contribution in [-0.2, 0) is 9.94 Å². The molecular formula is C12H24NO2. The summed E-state index contributed by atoms with van der Waals surface area (Å²) in [6.45, 7) is 14.0. The highest BCUT2D eigenvalue weighted by Gasteiger charge is 2.53. The van der Waals surface area contributed by atoms with Gasteiger partial charge in [-0.3, -0.25) is 0 Å². The molecule has 1 saturated heterocycles. The van der Waals surface area contributed by atoms with E-state index in [4.69, 9.17) is 4.74 Å². The molecule has 0 saturated carbocycles. The van der Waals surface area contributed by atoms with Gasteiger partial charge in [-0.1, -0.05) is 0 Å². The first kappa shape index (κ1) is 12.9. The summed E-state index contributed by atoms with van der Waals surface area (Å²) in [5.41, 5.74) is -0.945. The van der Waals surface area contributed by atoms with Crippen molar-refractivity contribution in [1.29, 1.82) is 0 Å². The third kappa shape index (κ3) is 2.52. The van der Waals surface area contributed by atoms with E-state index in [1.54, 1.807) is 0 Å². The van der Waals surface area contributed by atoms with Crippen LogP contribution in [0.1, 0.15) is 54.9 Å². The molecule has 0 N–H and O–H groups in total. The standard InChI is InChI=1S/C12H24NO2/c1-10(2,3)15-9-8-11(4,5)13(14)12(9,6)7/h9H,8H2,1-7H3. The van der Waals surface area contributed by atoms with Gasteiger partial charge < -0.3 is 4.74 Å². The van der Waals surface area contributed by atoms with E-state index in [1.165, 1.54) is 5.06 Å². The van der Waals surface area contributed by atoms with Crippen LogP contribution in [0.2, 0.25) is 0 Å². The molecular weight excluding hydrogens is 190 g/mol. The van der Waals surface area contributed by atoms with Gasteiger partial charge in [0.2, 0.25) is 0 Å². The molecule has 15 heavy (non-hydrogen) atoms. The number of nitrogens with zero attached hydrogens (tertiary/aromatic N) is 1. The largest absolute Gasteiger partial charge is 0.371 e. The first-order valence-electron chi connectivity index (χ1n) is 5.62. The van der Waals surface area contributed by atoms with Crippen LogP contribution in [0, 0.1) is 0 Å². The first-order chi connectivity index (χ1) is 6.47. The number of ether oxygens (including phenoxy) is 1. The Hall–Kier alpha value is -0.120. The molecule has 1 atom stereocenters. The zero-order chi connectivity index (χ0) is 12.1. The highest BCUT2D eigenvalue weighted by atomic mass is 16.5. The lowest BCUT2D eigenvalue weighted by Crippen LogP contribution is -2.49. The number of hydrogen-bond acceptors (Lipinski definition) is 2. The van der Waals surface area contributed by atoms with E-state index < -0.39 is 5.54 Å². The maximum absolute atomic E-state index is 12.1. The zero-order valence-electron chi connectivity index (χ0n) is 11.0. The van der Waals surface area contributed by atoms with E-state index in [9.17, 15) is 5.21 Å². The van der Waals surface area contributed by atoms with Gasteiger partial charge in [0.1, 0.15) is 0 Å². The summed E-state index contributed by atoms with van der Waals surface area (Å²) in [4.78, 5) is 0. The third-order valence-electron chi connectivity index (χ3n) is 3.04. The Morgan fingerprint density at radius 1 is 1.20 bits per heavy atom. The lowest BCUT2D eigenvalue weighted by atomic mass is 9.96. The van der Waals surface area contributed by atoms with Gasteiger partial charge in [0.15, 0.2) is 0 Å². The minimum Gasteiger partial charge on any atom is -0.371 e. The van der Waals surface area contributed by atoms with Gasteiger partial charge in [-0.05, 0) is 54.9 Å². The molecule has 1 radical (unpaired) electrons. The van der Waals surface area contributed by atoms with Crippen molar-refractivity contribution < 1.29 is 9.94 Å². The fourth-order valence-corrected chi connectivity index (χ4v) is 2.31. The molecule has 0 amide bonds. The summed E-state index contributed by atoms with van der Waals surface area (Å²) in [5.74, 6) is 0. The Morgan fingerprint density at radius 2 is 1.67 bits per heavy atom. The Morgan fingerprint density at radius 3 is 1.93 bits per heavy atom. The van der Waals surface area contributed by atoms with Gasteiger partial charge >= 0.3 is 0 Å². The molecule has 0 spiro atoms. The van der Waals surface area contributed by atoms with Gasteiger partial charge in [-0.25, -0.2) is 0 Å². The van der Waals surface area contributed by atoms with E-state index in [2.05, 4.69) is 0 Å². The molecule has 1 heterocycles. The fourth-order valence-electron chi connectivity index (χ4n) is 2.31. The van der Waals surface area contributed by atoms with Crippen molar-refractivity contribution in [1.82, 2.24) is 5.06 Å². The lowest BCUT2D eigenvalue weighted by Gasteiger charge is -2.35. The molecule has 89 valence electrons. The monoisotopic (exact) mass is 214 g/mol. The molecule has 0 aromatic rings.